The van der Waals surface area contributed by atoms with Crippen LogP contribution < -0.4 is 9.80 Å². The van der Waals surface area contributed by atoms with Gasteiger partial charge in [-0.05, 0) is 62.9 Å². The summed E-state index contributed by atoms with van der Waals surface area (Å²) in [5.74, 6) is 0. The Morgan fingerprint density at radius 1 is 0.792 bits per heavy atom. The van der Waals surface area contributed by atoms with E-state index in [0.29, 0.717) is 0 Å². The van der Waals surface area contributed by atoms with Crippen LogP contribution >= 0.6 is 0 Å². The van der Waals surface area contributed by atoms with Crippen LogP contribution in [0, 0.1) is 0 Å². The van der Waals surface area contributed by atoms with Crippen molar-refractivity contribution < 1.29 is 0 Å². The van der Waals surface area contributed by atoms with Gasteiger partial charge in [-0.1, -0.05) is 45.0 Å². The normalized spacial score (nSPS) is 18.0. The number of para-hydroxylation sites is 1. The zero-order chi connectivity index (χ0) is 17.7. The van der Waals surface area contributed by atoms with Crippen molar-refractivity contribution in [3.63, 3.8) is 0 Å². The number of anilines is 3. The molecule has 1 aliphatic heterocycles. The van der Waals surface area contributed by atoms with Gasteiger partial charge in [-0.25, -0.2) is 0 Å². The van der Waals surface area contributed by atoms with Crippen LogP contribution in [0.25, 0.3) is 0 Å². The van der Waals surface area contributed by atoms with Gasteiger partial charge in [0.2, 0.25) is 0 Å². The molecule has 2 heteroatoms. The maximum Gasteiger partial charge on any atom is 0.104 e. The van der Waals surface area contributed by atoms with Crippen LogP contribution in [0.2, 0.25) is 0 Å². The molecule has 1 heterocycles. The molecule has 2 aromatic rings. The molecule has 0 saturated carbocycles. The highest BCUT2D eigenvalue weighted by molar-refractivity contribution is 5.85. The molecule has 24 heavy (non-hydrogen) atoms. The van der Waals surface area contributed by atoms with E-state index < -0.39 is 0 Å². The Balaban J connectivity index is 2.20. The maximum absolute atomic E-state index is 2.53. The highest BCUT2D eigenvalue weighted by atomic mass is 15.4. The summed E-state index contributed by atoms with van der Waals surface area (Å²) in [5.41, 5.74) is 5.49. The molecule has 1 aliphatic rings. The summed E-state index contributed by atoms with van der Waals surface area (Å²) in [6, 6.07) is 17.7. The van der Waals surface area contributed by atoms with E-state index in [-0.39, 0.29) is 17.1 Å². The highest BCUT2D eigenvalue weighted by Gasteiger charge is 2.39. The first kappa shape index (κ1) is 16.9. The fraction of sp³-hybridized carbons (Fsp3) is 0.455. The van der Waals surface area contributed by atoms with Crippen LogP contribution in [0.3, 0.4) is 0 Å². The highest BCUT2D eigenvalue weighted by Crippen LogP contribution is 2.48. The van der Waals surface area contributed by atoms with Crippen LogP contribution in [0.1, 0.15) is 54.0 Å². The lowest BCUT2D eigenvalue weighted by molar-refractivity contribution is 0.468. The van der Waals surface area contributed by atoms with E-state index in [0.717, 1.165) is 0 Å². The van der Waals surface area contributed by atoms with Crippen molar-refractivity contribution in [2.45, 2.75) is 65.6 Å². The Bertz CT molecular complexity index is 720. The third-order valence-electron chi connectivity index (χ3n) is 4.86. The third kappa shape index (κ3) is 2.79. The first-order valence-corrected chi connectivity index (χ1v) is 8.89. The van der Waals surface area contributed by atoms with Crippen LogP contribution in [0.4, 0.5) is 17.1 Å². The molecule has 0 bridgehead atoms. The summed E-state index contributed by atoms with van der Waals surface area (Å²) in [6.45, 7) is 16.0. The molecule has 0 radical (unpaired) electrons. The standard InChI is InChI=1S/C22H30N2/c1-16-23(18-11-9-8-10-12-18)20-15-17(21(2,3)4)13-14-19(20)24(16)22(5,6)7/h8-16H,1-7H3. The van der Waals surface area contributed by atoms with E-state index in [1.807, 2.05) is 0 Å². The average Bonchev–Trinajstić information content (AvgIpc) is 2.78. The van der Waals surface area contributed by atoms with Gasteiger partial charge in [0.1, 0.15) is 6.17 Å². The van der Waals surface area contributed by atoms with Crippen molar-refractivity contribution in [2.24, 2.45) is 0 Å². The Labute approximate surface area is 147 Å². The zero-order valence-electron chi connectivity index (χ0n) is 16.1. The Hall–Kier alpha value is -1.96. The summed E-state index contributed by atoms with van der Waals surface area (Å²) in [7, 11) is 0. The Morgan fingerprint density at radius 2 is 1.42 bits per heavy atom. The first-order valence-electron chi connectivity index (χ1n) is 8.89. The summed E-state index contributed by atoms with van der Waals surface area (Å²) in [6.07, 6.45) is 0.289. The molecular weight excluding hydrogens is 292 g/mol. The Morgan fingerprint density at radius 3 is 1.96 bits per heavy atom. The third-order valence-corrected chi connectivity index (χ3v) is 4.86. The molecule has 2 aromatic carbocycles. The molecule has 0 aliphatic carbocycles. The fourth-order valence-corrected chi connectivity index (χ4v) is 3.77. The predicted molar refractivity (Wildman–Crippen MR) is 105 cm³/mol. The maximum atomic E-state index is 2.53. The van der Waals surface area contributed by atoms with Crippen molar-refractivity contribution in [1.29, 1.82) is 0 Å². The van der Waals surface area contributed by atoms with E-state index in [9.17, 15) is 0 Å². The van der Waals surface area contributed by atoms with Crippen LogP contribution in [0.5, 0.6) is 0 Å². The second-order valence-corrected chi connectivity index (χ2v) is 8.83. The fourth-order valence-electron chi connectivity index (χ4n) is 3.77. The van der Waals surface area contributed by atoms with Crippen LogP contribution in [-0.4, -0.2) is 11.7 Å². The SMILES string of the molecule is CC1N(c2ccccc2)c2cc(C(C)(C)C)ccc2N1C(C)(C)C. The number of hydrogen-bond donors (Lipinski definition) is 0. The van der Waals surface area contributed by atoms with Gasteiger partial charge in [0.15, 0.2) is 0 Å². The average molecular weight is 322 g/mol. The van der Waals surface area contributed by atoms with E-state index >= 15 is 0 Å². The van der Waals surface area contributed by atoms with E-state index in [1.54, 1.807) is 0 Å². The minimum absolute atomic E-state index is 0.0704. The molecule has 0 saturated heterocycles. The predicted octanol–water partition coefficient (Wildman–Crippen LogP) is 6.09. The summed E-state index contributed by atoms with van der Waals surface area (Å²) in [5, 5.41) is 0. The van der Waals surface area contributed by atoms with Crippen molar-refractivity contribution in [3.8, 4) is 0 Å². The summed E-state index contributed by atoms with van der Waals surface area (Å²) in [4.78, 5) is 5.00. The molecule has 2 nitrogen and oxygen atoms in total. The molecule has 128 valence electrons. The summed E-state index contributed by atoms with van der Waals surface area (Å²) < 4.78 is 0. The molecule has 1 atom stereocenters. The van der Waals surface area contributed by atoms with Gasteiger partial charge in [0.05, 0.1) is 11.4 Å². The zero-order valence-corrected chi connectivity index (χ0v) is 16.1. The van der Waals surface area contributed by atoms with Crippen LogP contribution in [-0.2, 0) is 5.41 Å². The smallest absolute Gasteiger partial charge is 0.104 e. The molecule has 1 unspecified atom stereocenters. The second kappa shape index (κ2) is 5.54. The largest absolute Gasteiger partial charge is 0.345 e. The monoisotopic (exact) mass is 322 g/mol. The van der Waals surface area contributed by atoms with Gasteiger partial charge < -0.3 is 9.80 Å². The first-order chi connectivity index (χ1) is 11.1. The number of benzene rings is 2. The number of rotatable bonds is 1. The number of hydrogen-bond acceptors (Lipinski definition) is 2. The van der Waals surface area contributed by atoms with Crippen molar-refractivity contribution in [1.82, 2.24) is 0 Å². The number of fused-ring (bicyclic) bond motifs is 1. The quantitative estimate of drug-likeness (QED) is 0.627. The van der Waals surface area contributed by atoms with Gasteiger partial charge in [-0.3, -0.25) is 0 Å². The van der Waals surface area contributed by atoms with Crippen molar-refractivity contribution >= 4 is 17.1 Å². The molecule has 0 fully saturated rings. The summed E-state index contributed by atoms with van der Waals surface area (Å²) >= 11 is 0. The molecule has 0 amide bonds. The molecule has 0 N–H and O–H groups in total. The van der Waals surface area contributed by atoms with E-state index in [1.165, 1.54) is 22.6 Å². The molecular formula is C22H30N2. The van der Waals surface area contributed by atoms with Gasteiger partial charge in [-0.2, -0.15) is 0 Å². The van der Waals surface area contributed by atoms with Crippen molar-refractivity contribution in [3.05, 3.63) is 54.1 Å². The van der Waals surface area contributed by atoms with Gasteiger partial charge in [-0.15, -0.1) is 0 Å². The lowest BCUT2D eigenvalue weighted by atomic mass is 9.86. The lowest BCUT2D eigenvalue weighted by Gasteiger charge is -2.39. The van der Waals surface area contributed by atoms with E-state index in [4.69, 9.17) is 0 Å². The van der Waals surface area contributed by atoms with Gasteiger partial charge in [0, 0.05) is 11.2 Å². The topological polar surface area (TPSA) is 6.48 Å². The van der Waals surface area contributed by atoms with Gasteiger partial charge in [0.25, 0.3) is 0 Å². The minimum atomic E-state index is 0.0704. The molecule has 3 rings (SSSR count). The van der Waals surface area contributed by atoms with Gasteiger partial charge >= 0.3 is 0 Å². The van der Waals surface area contributed by atoms with E-state index in [2.05, 4.69) is 107 Å². The van der Waals surface area contributed by atoms with Crippen molar-refractivity contribution in [2.75, 3.05) is 9.80 Å². The number of nitrogens with zero attached hydrogens (tertiary/aromatic N) is 2. The molecule has 0 spiro atoms. The minimum Gasteiger partial charge on any atom is -0.345 e. The second-order valence-electron chi connectivity index (χ2n) is 8.83. The Kier molecular flexibility index (Phi) is 3.90. The van der Waals surface area contributed by atoms with Crippen LogP contribution in [0.15, 0.2) is 48.5 Å². The lowest BCUT2D eigenvalue weighted by Crippen LogP contribution is -2.49. The molecule has 0 aromatic heterocycles.